The number of benzene rings is 2. The molecule has 0 fully saturated rings. The Morgan fingerprint density at radius 1 is 1.14 bits per heavy atom. The lowest BCUT2D eigenvalue weighted by atomic mass is 10.1. The van der Waals surface area contributed by atoms with Crippen LogP contribution in [0, 0.1) is 0 Å². The third-order valence-electron chi connectivity index (χ3n) is 3.33. The van der Waals surface area contributed by atoms with Gasteiger partial charge in [-0.05, 0) is 30.5 Å². The Labute approximate surface area is 124 Å². The van der Waals surface area contributed by atoms with Crippen LogP contribution in [0.25, 0.3) is 0 Å². The summed E-state index contributed by atoms with van der Waals surface area (Å²) in [5, 5.41) is 0. The van der Waals surface area contributed by atoms with Crippen LogP contribution in [-0.2, 0) is 13.0 Å². The molecule has 4 nitrogen and oxygen atoms in total. The molecule has 0 aromatic heterocycles. The van der Waals surface area contributed by atoms with Crippen LogP contribution in [0.5, 0.6) is 17.2 Å². The first kappa shape index (κ1) is 13.8. The van der Waals surface area contributed by atoms with E-state index in [0.717, 1.165) is 34.8 Å². The lowest BCUT2D eigenvalue weighted by molar-refractivity contribution is 0.173. The van der Waals surface area contributed by atoms with Gasteiger partial charge in [0.1, 0.15) is 12.4 Å². The maximum Gasteiger partial charge on any atom is 0.231 e. The minimum atomic E-state index is 0.0597. The van der Waals surface area contributed by atoms with E-state index in [1.807, 2.05) is 49.4 Å². The van der Waals surface area contributed by atoms with Crippen molar-refractivity contribution in [3.8, 4) is 17.2 Å². The van der Waals surface area contributed by atoms with Gasteiger partial charge in [0.15, 0.2) is 11.5 Å². The van der Waals surface area contributed by atoms with Crippen LogP contribution < -0.4 is 19.9 Å². The predicted octanol–water partition coefficient (Wildman–Crippen LogP) is 2.88. The van der Waals surface area contributed by atoms with Gasteiger partial charge >= 0.3 is 0 Å². The summed E-state index contributed by atoms with van der Waals surface area (Å²) in [6, 6.07) is 14.0. The van der Waals surface area contributed by atoms with Crippen molar-refractivity contribution in [3.63, 3.8) is 0 Å². The van der Waals surface area contributed by atoms with Gasteiger partial charge in [0.25, 0.3) is 0 Å². The number of fused-ring (bicyclic) bond motifs is 1. The lowest BCUT2D eigenvalue weighted by Gasteiger charge is -2.14. The number of hydrogen-bond donors (Lipinski definition) is 1. The molecule has 4 heteroatoms. The summed E-state index contributed by atoms with van der Waals surface area (Å²) in [4.78, 5) is 0. The summed E-state index contributed by atoms with van der Waals surface area (Å²) in [5.41, 5.74) is 8.09. The molecule has 0 saturated heterocycles. The van der Waals surface area contributed by atoms with Crippen LogP contribution in [0.2, 0.25) is 0 Å². The summed E-state index contributed by atoms with van der Waals surface area (Å²) in [7, 11) is 0. The van der Waals surface area contributed by atoms with E-state index in [1.54, 1.807) is 0 Å². The van der Waals surface area contributed by atoms with E-state index >= 15 is 0 Å². The first-order valence-electron chi connectivity index (χ1n) is 7.07. The largest absolute Gasteiger partial charge is 0.488 e. The molecular formula is C17H19NO3. The van der Waals surface area contributed by atoms with Gasteiger partial charge in [-0.25, -0.2) is 0 Å². The van der Waals surface area contributed by atoms with Crippen molar-refractivity contribution >= 4 is 0 Å². The van der Waals surface area contributed by atoms with Gasteiger partial charge in [-0.3, -0.25) is 0 Å². The molecule has 1 heterocycles. The SMILES string of the molecule is CC(N)Cc1cc2c(cc1OCc1ccccc1)OCO2. The highest BCUT2D eigenvalue weighted by atomic mass is 16.7. The Bertz CT molecular complexity index is 611. The molecule has 0 radical (unpaired) electrons. The molecule has 0 spiro atoms. The first-order chi connectivity index (χ1) is 10.2. The quantitative estimate of drug-likeness (QED) is 0.917. The van der Waals surface area contributed by atoms with Crippen molar-refractivity contribution in [1.29, 1.82) is 0 Å². The third kappa shape index (κ3) is 3.28. The van der Waals surface area contributed by atoms with E-state index < -0.39 is 0 Å². The summed E-state index contributed by atoms with van der Waals surface area (Å²) in [5.74, 6) is 2.30. The summed E-state index contributed by atoms with van der Waals surface area (Å²) in [6.45, 7) is 2.76. The van der Waals surface area contributed by atoms with Crippen molar-refractivity contribution in [2.75, 3.05) is 6.79 Å². The number of nitrogens with two attached hydrogens (primary N) is 1. The predicted molar refractivity (Wildman–Crippen MR) is 80.7 cm³/mol. The zero-order valence-electron chi connectivity index (χ0n) is 12.0. The standard InChI is InChI=1S/C17H19NO3/c1-12(18)7-14-8-16-17(21-11-20-16)9-15(14)19-10-13-5-3-2-4-6-13/h2-6,8-9,12H,7,10-11,18H2,1H3. The molecule has 21 heavy (non-hydrogen) atoms. The average molecular weight is 285 g/mol. The van der Waals surface area contributed by atoms with Gasteiger partial charge in [0.05, 0.1) is 0 Å². The van der Waals surface area contributed by atoms with E-state index in [0.29, 0.717) is 6.61 Å². The Morgan fingerprint density at radius 3 is 2.57 bits per heavy atom. The van der Waals surface area contributed by atoms with Crippen LogP contribution in [0.3, 0.4) is 0 Å². The normalized spacial score (nSPS) is 14.0. The second kappa shape index (κ2) is 6.06. The van der Waals surface area contributed by atoms with Gasteiger partial charge < -0.3 is 19.9 Å². The molecule has 110 valence electrons. The highest BCUT2D eigenvalue weighted by Gasteiger charge is 2.18. The third-order valence-corrected chi connectivity index (χ3v) is 3.33. The van der Waals surface area contributed by atoms with Crippen molar-refractivity contribution in [2.45, 2.75) is 26.0 Å². The zero-order valence-corrected chi connectivity index (χ0v) is 12.0. The summed E-state index contributed by atoms with van der Waals surface area (Å²) < 4.78 is 16.8. The molecule has 0 bridgehead atoms. The monoisotopic (exact) mass is 285 g/mol. The van der Waals surface area contributed by atoms with Crippen molar-refractivity contribution < 1.29 is 14.2 Å². The van der Waals surface area contributed by atoms with Crippen LogP contribution in [-0.4, -0.2) is 12.8 Å². The van der Waals surface area contributed by atoms with E-state index in [2.05, 4.69) is 0 Å². The molecule has 0 saturated carbocycles. The van der Waals surface area contributed by atoms with Gasteiger partial charge in [-0.1, -0.05) is 30.3 Å². The smallest absolute Gasteiger partial charge is 0.231 e. The Balaban J connectivity index is 1.82. The molecule has 2 N–H and O–H groups in total. The second-order valence-corrected chi connectivity index (χ2v) is 5.27. The van der Waals surface area contributed by atoms with Crippen LogP contribution in [0.1, 0.15) is 18.1 Å². The Kier molecular flexibility index (Phi) is 3.97. The Morgan fingerprint density at radius 2 is 1.86 bits per heavy atom. The molecular weight excluding hydrogens is 266 g/mol. The topological polar surface area (TPSA) is 53.7 Å². The summed E-state index contributed by atoms with van der Waals surface area (Å²) in [6.07, 6.45) is 0.737. The zero-order chi connectivity index (χ0) is 14.7. The van der Waals surface area contributed by atoms with Gasteiger partial charge in [-0.15, -0.1) is 0 Å². The fourth-order valence-electron chi connectivity index (χ4n) is 2.34. The van der Waals surface area contributed by atoms with E-state index in [4.69, 9.17) is 19.9 Å². The second-order valence-electron chi connectivity index (χ2n) is 5.27. The fourth-order valence-corrected chi connectivity index (χ4v) is 2.34. The highest BCUT2D eigenvalue weighted by molar-refractivity contribution is 5.52. The first-order valence-corrected chi connectivity index (χ1v) is 7.07. The maximum atomic E-state index is 5.96. The molecule has 0 amide bonds. The Hall–Kier alpha value is -2.20. The molecule has 0 aliphatic carbocycles. The number of hydrogen-bond acceptors (Lipinski definition) is 4. The molecule has 1 unspecified atom stereocenters. The molecule has 1 atom stereocenters. The van der Waals surface area contributed by atoms with E-state index in [1.165, 1.54) is 0 Å². The fraction of sp³-hybridized carbons (Fsp3) is 0.294. The highest BCUT2D eigenvalue weighted by Crippen LogP contribution is 2.38. The van der Waals surface area contributed by atoms with Gasteiger partial charge in [-0.2, -0.15) is 0 Å². The van der Waals surface area contributed by atoms with Crippen LogP contribution in [0.15, 0.2) is 42.5 Å². The van der Waals surface area contributed by atoms with Gasteiger partial charge in [0.2, 0.25) is 6.79 Å². The number of rotatable bonds is 5. The average Bonchev–Trinajstić information content (AvgIpc) is 2.92. The minimum absolute atomic E-state index is 0.0597. The maximum absolute atomic E-state index is 5.96. The molecule has 1 aliphatic rings. The van der Waals surface area contributed by atoms with E-state index in [-0.39, 0.29) is 12.8 Å². The molecule has 1 aliphatic heterocycles. The lowest BCUT2D eigenvalue weighted by Crippen LogP contribution is -2.18. The van der Waals surface area contributed by atoms with Crippen molar-refractivity contribution in [1.82, 2.24) is 0 Å². The van der Waals surface area contributed by atoms with Crippen molar-refractivity contribution in [2.24, 2.45) is 5.73 Å². The number of ether oxygens (including phenoxy) is 3. The molecule has 2 aromatic carbocycles. The van der Waals surface area contributed by atoms with Crippen molar-refractivity contribution in [3.05, 3.63) is 53.6 Å². The van der Waals surface area contributed by atoms with Gasteiger partial charge in [0, 0.05) is 12.1 Å². The molecule has 3 rings (SSSR count). The van der Waals surface area contributed by atoms with Crippen LogP contribution >= 0.6 is 0 Å². The van der Waals surface area contributed by atoms with Crippen LogP contribution in [0.4, 0.5) is 0 Å². The van der Waals surface area contributed by atoms with E-state index in [9.17, 15) is 0 Å². The molecule has 2 aromatic rings. The minimum Gasteiger partial charge on any atom is -0.488 e. The summed E-state index contributed by atoms with van der Waals surface area (Å²) >= 11 is 0.